The summed E-state index contributed by atoms with van der Waals surface area (Å²) >= 11 is 0. The van der Waals surface area contributed by atoms with Crippen molar-refractivity contribution in [3.63, 3.8) is 0 Å². The van der Waals surface area contributed by atoms with Crippen LogP contribution in [-0.2, 0) is 9.84 Å². The first-order chi connectivity index (χ1) is 9.45. The number of halogens is 1. The molecule has 0 saturated carbocycles. The maximum atomic E-state index is 13.9. The van der Waals surface area contributed by atoms with Crippen LogP contribution in [-0.4, -0.2) is 27.0 Å². The van der Waals surface area contributed by atoms with Crippen molar-refractivity contribution in [1.82, 2.24) is 5.43 Å². The van der Waals surface area contributed by atoms with Crippen molar-refractivity contribution in [3.05, 3.63) is 29.6 Å². The molecule has 0 saturated heterocycles. The van der Waals surface area contributed by atoms with E-state index < -0.39 is 21.7 Å². The molecule has 0 aliphatic carbocycles. The van der Waals surface area contributed by atoms with Crippen LogP contribution in [0.2, 0.25) is 0 Å². The predicted molar refractivity (Wildman–Crippen MR) is 76.6 cm³/mol. The van der Waals surface area contributed by atoms with E-state index in [9.17, 15) is 12.8 Å². The summed E-state index contributed by atoms with van der Waals surface area (Å²) < 4.78 is 41.9. The molecule has 0 aromatic heterocycles. The molecule has 0 heterocycles. The van der Waals surface area contributed by atoms with Gasteiger partial charge in [-0.1, -0.05) is 13.0 Å². The molecule has 0 radical (unpaired) electrons. The van der Waals surface area contributed by atoms with Gasteiger partial charge in [-0.2, -0.15) is 0 Å². The Morgan fingerprint density at radius 2 is 2.15 bits per heavy atom. The zero-order chi connectivity index (χ0) is 15.2. The first-order valence-electron chi connectivity index (χ1n) is 6.44. The van der Waals surface area contributed by atoms with E-state index in [2.05, 4.69) is 5.43 Å². The third-order valence-electron chi connectivity index (χ3n) is 3.17. The molecule has 1 aromatic carbocycles. The molecule has 1 rings (SSSR count). The molecule has 3 N–H and O–H groups in total. The Kier molecular flexibility index (Phi) is 6.38. The zero-order valence-corrected chi connectivity index (χ0v) is 12.5. The van der Waals surface area contributed by atoms with Gasteiger partial charge in [-0.15, -0.1) is 0 Å². The van der Waals surface area contributed by atoms with Crippen LogP contribution in [0.4, 0.5) is 4.39 Å². The lowest BCUT2D eigenvalue weighted by Crippen LogP contribution is -2.29. The number of methoxy groups -OCH3 is 1. The molecular weight excluding hydrogens is 283 g/mol. The minimum Gasteiger partial charge on any atom is -0.496 e. The standard InChI is InChI=1S/C13H21FN2O3S/c1-3-20(17,18)9-5-7-11(16-15)13-10(14)6-4-8-12(13)19-2/h4,6,8,11,16H,3,5,7,9,15H2,1-2H3. The minimum absolute atomic E-state index is 0.0679. The summed E-state index contributed by atoms with van der Waals surface area (Å²) in [4.78, 5) is 0. The molecule has 1 unspecified atom stereocenters. The number of hydrogen-bond acceptors (Lipinski definition) is 5. The van der Waals surface area contributed by atoms with Crippen LogP contribution in [0.25, 0.3) is 0 Å². The summed E-state index contributed by atoms with van der Waals surface area (Å²) in [6.45, 7) is 1.61. The Bertz CT molecular complexity index is 534. The zero-order valence-electron chi connectivity index (χ0n) is 11.7. The van der Waals surface area contributed by atoms with Crippen LogP contribution >= 0.6 is 0 Å². The van der Waals surface area contributed by atoms with Gasteiger partial charge in [-0.05, 0) is 25.0 Å². The van der Waals surface area contributed by atoms with Crippen molar-refractivity contribution >= 4 is 9.84 Å². The topological polar surface area (TPSA) is 81.4 Å². The normalized spacial score (nSPS) is 13.2. The third kappa shape index (κ3) is 4.43. The second-order valence-electron chi connectivity index (χ2n) is 4.45. The van der Waals surface area contributed by atoms with E-state index in [4.69, 9.17) is 10.6 Å². The van der Waals surface area contributed by atoms with Crippen molar-refractivity contribution in [2.45, 2.75) is 25.8 Å². The molecule has 1 atom stereocenters. The molecule has 20 heavy (non-hydrogen) atoms. The SMILES string of the molecule is CCS(=O)(=O)CCCC(NN)c1c(F)cccc1OC. The fourth-order valence-electron chi connectivity index (χ4n) is 2.00. The molecule has 5 nitrogen and oxygen atoms in total. The van der Waals surface area contributed by atoms with Gasteiger partial charge < -0.3 is 4.74 Å². The second-order valence-corrected chi connectivity index (χ2v) is 6.93. The van der Waals surface area contributed by atoms with E-state index in [0.717, 1.165) is 0 Å². The molecule has 0 bridgehead atoms. The number of hydrogen-bond donors (Lipinski definition) is 2. The van der Waals surface area contributed by atoms with Crippen LogP contribution in [0, 0.1) is 5.82 Å². The molecule has 0 amide bonds. The highest BCUT2D eigenvalue weighted by Crippen LogP contribution is 2.30. The highest BCUT2D eigenvalue weighted by atomic mass is 32.2. The molecule has 0 aliphatic rings. The summed E-state index contributed by atoms with van der Waals surface area (Å²) in [6.07, 6.45) is 0.815. The number of nitrogens with two attached hydrogens (primary N) is 1. The fourth-order valence-corrected chi connectivity index (χ4v) is 2.89. The summed E-state index contributed by atoms with van der Waals surface area (Å²) in [5, 5.41) is 0. The molecule has 0 spiro atoms. The van der Waals surface area contributed by atoms with E-state index in [1.54, 1.807) is 19.1 Å². The number of sulfone groups is 1. The monoisotopic (exact) mass is 304 g/mol. The fraction of sp³-hybridized carbons (Fsp3) is 0.538. The van der Waals surface area contributed by atoms with Crippen molar-refractivity contribution in [2.24, 2.45) is 5.84 Å². The van der Waals surface area contributed by atoms with Gasteiger partial charge in [-0.3, -0.25) is 11.3 Å². The van der Waals surface area contributed by atoms with Crippen LogP contribution < -0.4 is 16.0 Å². The van der Waals surface area contributed by atoms with Crippen LogP contribution in [0.5, 0.6) is 5.75 Å². The van der Waals surface area contributed by atoms with E-state index in [0.29, 0.717) is 24.2 Å². The first-order valence-corrected chi connectivity index (χ1v) is 8.26. The highest BCUT2D eigenvalue weighted by Gasteiger charge is 2.20. The molecule has 114 valence electrons. The van der Waals surface area contributed by atoms with E-state index >= 15 is 0 Å². The Labute approximate surface area is 119 Å². The lowest BCUT2D eigenvalue weighted by Gasteiger charge is -2.19. The Balaban J connectivity index is 2.82. The van der Waals surface area contributed by atoms with Crippen molar-refractivity contribution < 1.29 is 17.5 Å². The van der Waals surface area contributed by atoms with Crippen LogP contribution in [0.15, 0.2) is 18.2 Å². The van der Waals surface area contributed by atoms with Crippen LogP contribution in [0.1, 0.15) is 31.4 Å². The maximum Gasteiger partial charge on any atom is 0.150 e. The Morgan fingerprint density at radius 1 is 1.45 bits per heavy atom. The van der Waals surface area contributed by atoms with E-state index in [1.807, 2.05) is 0 Å². The van der Waals surface area contributed by atoms with Gasteiger partial charge in [0.15, 0.2) is 0 Å². The van der Waals surface area contributed by atoms with Gasteiger partial charge in [0, 0.05) is 11.3 Å². The van der Waals surface area contributed by atoms with E-state index in [-0.39, 0.29) is 11.5 Å². The number of benzene rings is 1. The van der Waals surface area contributed by atoms with Gasteiger partial charge in [0.05, 0.1) is 18.9 Å². The highest BCUT2D eigenvalue weighted by molar-refractivity contribution is 7.91. The number of nitrogens with one attached hydrogen (secondary N) is 1. The molecule has 0 fully saturated rings. The average Bonchev–Trinajstić information content (AvgIpc) is 2.44. The van der Waals surface area contributed by atoms with Gasteiger partial charge >= 0.3 is 0 Å². The molecule has 0 aliphatic heterocycles. The van der Waals surface area contributed by atoms with Crippen molar-refractivity contribution in [1.29, 1.82) is 0 Å². The van der Waals surface area contributed by atoms with E-state index in [1.165, 1.54) is 13.2 Å². The summed E-state index contributed by atoms with van der Waals surface area (Å²) in [5.41, 5.74) is 2.85. The van der Waals surface area contributed by atoms with Crippen LogP contribution in [0.3, 0.4) is 0 Å². The third-order valence-corrected chi connectivity index (χ3v) is 4.96. The lowest BCUT2D eigenvalue weighted by atomic mass is 10.0. The first kappa shape index (κ1) is 16.9. The minimum atomic E-state index is -3.02. The number of ether oxygens (including phenoxy) is 1. The number of rotatable bonds is 8. The summed E-state index contributed by atoms with van der Waals surface area (Å²) in [5.74, 6) is 5.60. The van der Waals surface area contributed by atoms with Gasteiger partial charge in [0.2, 0.25) is 0 Å². The van der Waals surface area contributed by atoms with Gasteiger partial charge in [0.1, 0.15) is 21.4 Å². The van der Waals surface area contributed by atoms with Crippen molar-refractivity contribution in [3.8, 4) is 5.75 Å². The smallest absolute Gasteiger partial charge is 0.150 e. The largest absolute Gasteiger partial charge is 0.496 e. The van der Waals surface area contributed by atoms with Gasteiger partial charge in [-0.25, -0.2) is 12.8 Å². The quantitative estimate of drug-likeness (QED) is 0.562. The summed E-state index contributed by atoms with van der Waals surface area (Å²) in [6, 6.07) is 4.03. The average molecular weight is 304 g/mol. The van der Waals surface area contributed by atoms with Crippen molar-refractivity contribution in [2.75, 3.05) is 18.6 Å². The molecule has 1 aromatic rings. The lowest BCUT2D eigenvalue weighted by molar-refractivity contribution is 0.385. The van der Waals surface area contributed by atoms with Gasteiger partial charge in [0.25, 0.3) is 0 Å². The Hall–Kier alpha value is -1.18. The number of hydrazine groups is 1. The molecular formula is C13H21FN2O3S. The predicted octanol–water partition coefficient (Wildman–Crippen LogP) is 1.55. The maximum absolute atomic E-state index is 13.9. The Morgan fingerprint density at radius 3 is 2.70 bits per heavy atom. The second kappa shape index (κ2) is 7.56. The summed E-state index contributed by atoms with van der Waals surface area (Å²) in [7, 11) is -1.57. The molecule has 7 heteroatoms.